The summed E-state index contributed by atoms with van der Waals surface area (Å²) in [6, 6.07) is -0.586. The van der Waals surface area contributed by atoms with Crippen molar-refractivity contribution >= 4 is 28.6 Å². The van der Waals surface area contributed by atoms with Crippen LogP contribution < -0.4 is 4.18 Å². The van der Waals surface area contributed by atoms with E-state index < -0.39 is 22.6 Å². The Labute approximate surface area is 104 Å². The summed E-state index contributed by atoms with van der Waals surface area (Å²) >= 11 is -2.45. The predicted octanol–water partition coefficient (Wildman–Crippen LogP) is 0.803. The molecule has 2 rings (SSSR count). The number of thioether (sulfide) groups is 1. The summed E-state index contributed by atoms with van der Waals surface area (Å²) in [7, 11) is 0. The van der Waals surface area contributed by atoms with Crippen molar-refractivity contribution in [1.29, 1.82) is 0 Å². The van der Waals surface area contributed by atoms with Crippen molar-refractivity contribution < 1.29 is 21.6 Å². The van der Waals surface area contributed by atoms with Gasteiger partial charge in [-0.3, -0.25) is 0 Å². The first-order valence-corrected chi connectivity index (χ1v) is 6.50. The van der Waals surface area contributed by atoms with E-state index in [9.17, 15) is 17.4 Å². The van der Waals surface area contributed by atoms with E-state index in [1.807, 2.05) is 0 Å². The molecule has 0 saturated carbocycles. The number of fused-ring (bicyclic) bond motifs is 1. The van der Waals surface area contributed by atoms with E-state index in [4.69, 9.17) is 0 Å². The Balaban J connectivity index is 2.43. The fraction of sp³-hybridized carbons (Fsp3) is 0.333. The lowest BCUT2D eigenvalue weighted by atomic mass is 10.9. The summed E-state index contributed by atoms with van der Waals surface area (Å²) in [6.45, 7) is 0. The third-order valence-electron chi connectivity index (χ3n) is 1.62. The molecule has 1 unspecified atom stereocenters. The summed E-state index contributed by atoms with van der Waals surface area (Å²) in [6.07, 6.45) is 2.68. The minimum Gasteiger partial charge on any atom is -0.355 e. The molecule has 0 spiro atoms. The molecule has 0 fully saturated rings. The summed E-state index contributed by atoms with van der Waals surface area (Å²) in [5.74, 6) is 0.00326. The van der Waals surface area contributed by atoms with Crippen LogP contribution in [0, 0.1) is 0 Å². The van der Waals surface area contributed by atoms with Gasteiger partial charge in [-0.2, -0.15) is 28.1 Å². The summed E-state index contributed by atoms with van der Waals surface area (Å²) in [4.78, 5) is 11.2. The smallest absolute Gasteiger partial charge is 0.355 e. The van der Waals surface area contributed by atoms with E-state index in [1.165, 1.54) is 0 Å². The molecule has 0 aliphatic carbocycles. The van der Waals surface area contributed by atoms with Crippen molar-refractivity contribution in [2.75, 3.05) is 6.26 Å². The third-order valence-corrected chi connectivity index (χ3v) is 2.85. The molecule has 18 heavy (non-hydrogen) atoms. The molecule has 7 nitrogen and oxygen atoms in total. The molecule has 98 valence electrons. The number of hydrogen-bond donors (Lipinski definition) is 0. The lowest BCUT2D eigenvalue weighted by Crippen LogP contribution is -2.22. The normalized spacial score (nSPS) is 13.8. The number of halogens is 3. The van der Waals surface area contributed by atoms with Crippen molar-refractivity contribution in [1.82, 2.24) is 24.6 Å². The van der Waals surface area contributed by atoms with Crippen molar-refractivity contribution in [3.8, 4) is 6.01 Å². The molecule has 1 atom stereocenters. The largest absolute Gasteiger partial charge is 0.508 e. The number of hydrogen-bond acceptors (Lipinski definition) is 7. The summed E-state index contributed by atoms with van der Waals surface area (Å²) in [5, 5.41) is 3.70. The van der Waals surface area contributed by atoms with Crippen LogP contribution in [0.4, 0.5) is 13.2 Å². The third kappa shape index (κ3) is 2.53. The molecule has 2 aromatic heterocycles. The van der Waals surface area contributed by atoms with Gasteiger partial charge in [-0.1, -0.05) is 11.8 Å². The SMILES string of the molecule is CSc1nc(OS(=O)C(F)(F)F)n2ncnc2n1. The zero-order valence-electron chi connectivity index (χ0n) is 8.58. The van der Waals surface area contributed by atoms with Crippen molar-refractivity contribution in [2.24, 2.45) is 0 Å². The average molecular weight is 299 g/mol. The maximum atomic E-state index is 12.1. The van der Waals surface area contributed by atoms with E-state index in [0.29, 0.717) is 0 Å². The summed E-state index contributed by atoms with van der Waals surface area (Å²) < 4.78 is 52.3. The molecule has 0 aliphatic rings. The van der Waals surface area contributed by atoms with Gasteiger partial charge in [-0.05, 0) is 6.26 Å². The molecular weight excluding hydrogens is 295 g/mol. The zero-order chi connectivity index (χ0) is 13.3. The Morgan fingerprint density at radius 2 is 2.17 bits per heavy atom. The van der Waals surface area contributed by atoms with E-state index in [0.717, 1.165) is 22.6 Å². The molecule has 2 aromatic rings. The number of alkyl halides is 3. The molecule has 2 heterocycles. The van der Waals surface area contributed by atoms with Crippen LogP contribution in [-0.2, 0) is 11.1 Å². The highest BCUT2D eigenvalue weighted by molar-refractivity contribution is 7.98. The van der Waals surface area contributed by atoms with Crippen LogP contribution in [0.15, 0.2) is 11.5 Å². The topological polar surface area (TPSA) is 82.3 Å². The van der Waals surface area contributed by atoms with E-state index in [1.54, 1.807) is 6.26 Å². The van der Waals surface area contributed by atoms with Crippen LogP contribution in [0.3, 0.4) is 0 Å². The maximum absolute atomic E-state index is 12.1. The number of aromatic nitrogens is 5. The van der Waals surface area contributed by atoms with Gasteiger partial charge in [0.05, 0.1) is 0 Å². The van der Waals surface area contributed by atoms with Gasteiger partial charge in [-0.15, -0.1) is 9.61 Å². The Bertz CT molecular complexity index is 600. The highest BCUT2D eigenvalue weighted by atomic mass is 32.2. The molecule has 12 heteroatoms. The van der Waals surface area contributed by atoms with Gasteiger partial charge < -0.3 is 4.18 Å². The van der Waals surface area contributed by atoms with Crippen molar-refractivity contribution in [3.63, 3.8) is 0 Å². The highest BCUT2D eigenvalue weighted by Crippen LogP contribution is 2.23. The standard InChI is InChI=1S/C6H4F3N5O2S2/c1-17-4-12-3-10-2-11-14(3)5(13-4)16-18(15)6(7,8)9/h2H,1H3. The van der Waals surface area contributed by atoms with Crippen molar-refractivity contribution in [2.45, 2.75) is 10.7 Å². The molecule has 0 N–H and O–H groups in total. The second-order valence-corrected chi connectivity index (χ2v) is 4.60. The second-order valence-electron chi connectivity index (χ2n) is 2.73. The van der Waals surface area contributed by atoms with Crippen LogP contribution in [0.2, 0.25) is 0 Å². The van der Waals surface area contributed by atoms with Crippen LogP contribution in [0.1, 0.15) is 0 Å². The Kier molecular flexibility index (Phi) is 3.38. The first-order chi connectivity index (χ1) is 8.41. The maximum Gasteiger partial charge on any atom is 0.508 e. The predicted molar refractivity (Wildman–Crippen MR) is 55.2 cm³/mol. The number of nitrogens with zero attached hydrogens (tertiary/aromatic N) is 5. The molecule has 0 saturated heterocycles. The highest BCUT2D eigenvalue weighted by Gasteiger charge is 2.41. The minimum absolute atomic E-state index is 0.00326. The monoisotopic (exact) mass is 299 g/mol. The van der Waals surface area contributed by atoms with Crippen molar-refractivity contribution in [3.05, 3.63) is 6.33 Å². The molecule has 0 radical (unpaired) electrons. The van der Waals surface area contributed by atoms with Crippen LogP contribution in [0.5, 0.6) is 6.01 Å². The average Bonchev–Trinajstić information content (AvgIpc) is 2.75. The lowest BCUT2D eigenvalue weighted by molar-refractivity contribution is -0.0440. The second kappa shape index (κ2) is 4.68. The molecule has 0 bridgehead atoms. The molecule has 0 aromatic carbocycles. The Hall–Kier alpha value is -1.43. The lowest BCUT2D eigenvalue weighted by Gasteiger charge is -2.07. The van der Waals surface area contributed by atoms with Gasteiger partial charge in [0, 0.05) is 0 Å². The fourth-order valence-corrected chi connectivity index (χ4v) is 1.63. The van der Waals surface area contributed by atoms with Crippen LogP contribution >= 0.6 is 11.8 Å². The quantitative estimate of drug-likeness (QED) is 0.775. The minimum atomic E-state index is -5.00. The molecular formula is C6H4F3N5O2S2. The first kappa shape index (κ1) is 13.0. The van der Waals surface area contributed by atoms with Gasteiger partial charge in [0.25, 0.3) is 5.78 Å². The van der Waals surface area contributed by atoms with E-state index >= 15 is 0 Å². The molecule has 0 amide bonds. The van der Waals surface area contributed by atoms with Crippen LogP contribution in [-0.4, -0.2) is 40.5 Å². The first-order valence-electron chi connectivity index (χ1n) is 4.20. The summed E-state index contributed by atoms with van der Waals surface area (Å²) in [5.41, 5.74) is -5.00. The van der Waals surface area contributed by atoms with Gasteiger partial charge in [0.1, 0.15) is 6.33 Å². The van der Waals surface area contributed by atoms with Gasteiger partial charge in [0.2, 0.25) is 0 Å². The Morgan fingerprint density at radius 1 is 1.44 bits per heavy atom. The Morgan fingerprint density at radius 3 is 2.78 bits per heavy atom. The molecule has 0 aliphatic heterocycles. The van der Waals surface area contributed by atoms with E-state index in [2.05, 4.69) is 24.2 Å². The number of rotatable bonds is 3. The van der Waals surface area contributed by atoms with Gasteiger partial charge >= 0.3 is 22.6 Å². The van der Waals surface area contributed by atoms with Gasteiger partial charge in [0.15, 0.2) is 5.16 Å². The zero-order valence-corrected chi connectivity index (χ0v) is 10.2. The van der Waals surface area contributed by atoms with Gasteiger partial charge in [-0.25, -0.2) is 4.21 Å². The fourth-order valence-electron chi connectivity index (χ4n) is 0.946. The van der Waals surface area contributed by atoms with E-state index in [-0.39, 0.29) is 10.9 Å². The van der Waals surface area contributed by atoms with Crippen LogP contribution in [0.25, 0.3) is 5.78 Å².